The van der Waals surface area contributed by atoms with Crippen LogP contribution in [0.3, 0.4) is 0 Å². The number of benzene rings is 1. The lowest BCUT2D eigenvalue weighted by atomic mass is 9.83. The van der Waals surface area contributed by atoms with Crippen LogP contribution in [0.15, 0.2) is 36.4 Å². The monoisotopic (exact) mass is 656 g/mol. The molecule has 9 nitrogen and oxygen atoms in total. The van der Waals surface area contributed by atoms with Gasteiger partial charge in [-0.2, -0.15) is 0 Å². The SMILES string of the molecule is Cc1nc(C)c(-c2ccc3cc(-c4c(C5CCCCC5)c5sc(C(=O)O)cc5n4CC(=O)NCCN4CCNCC4)ccc3n2)s1. The molecule has 11 heteroatoms. The van der Waals surface area contributed by atoms with Gasteiger partial charge in [-0.1, -0.05) is 31.4 Å². The second-order valence-electron chi connectivity index (χ2n) is 12.5. The van der Waals surface area contributed by atoms with Crippen LogP contribution in [-0.4, -0.2) is 75.7 Å². The summed E-state index contributed by atoms with van der Waals surface area (Å²) in [5.41, 5.74) is 6.91. The lowest BCUT2D eigenvalue weighted by molar-refractivity contribution is -0.121. The zero-order chi connectivity index (χ0) is 31.8. The highest BCUT2D eigenvalue weighted by Crippen LogP contribution is 2.47. The Bertz CT molecular complexity index is 1910. The average Bonchev–Trinajstić information content (AvgIpc) is 3.73. The van der Waals surface area contributed by atoms with Gasteiger partial charge in [0.15, 0.2) is 0 Å². The standard InChI is InChI=1S/C35H40N6O3S2/c1-21-33(45-22(2)38-21)27-11-8-24-18-25(9-10-26(24)39-27)32-31(23-6-4-3-5-7-23)34-28(19-29(46-34)35(43)44)41(32)20-30(42)37-14-17-40-15-12-36-13-16-40/h8-11,18-19,23,36H,3-7,12-17,20H2,1-2H3,(H,37,42)(H,43,44). The van der Waals surface area contributed by atoms with Crippen LogP contribution in [0.25, 0.3) is 42.9 Å². The molecule has 5 aromatic rings. The number of amides is 1. The molecule has 46 heavy (non-hydrogen) atoms. The van der Waals surface area contributed by atoms with E-state index in [0.29, 0.717) is 17.3 Å². The van der Waals surface area contributed by atoms with Crippen LogP contribution in [0.4, 0.5) is 0 Å². The van der Waals surface area contributed by atoms with Crippen molar-refractivity contribution in [3.8, 4) is 21.8 Å². The van der Waals surface area contributed by atoms with Crippen molar-refractivity contribution in [1.82, 2.24) is 30.1 Å². The Morgan fingerprint density at radius 3 is 2.57 bits per heavy atom. The van der Waals surface area contributed by atoms with Gasteiger partial charge in [-0.05, 0) is 68.0 Å². The first-order valence-electron chi connectivity index (χ1n) is 16.3. The highest BCUT2D eigenvalue weighted by Gasteiger charge is 2.30. The van der Waals surface area contributed by atoms with Crippen molar-refractivity contribution in [2.45, 2.75) is 58.4 Å². The summed E-state index contributed by atoms with van der Waals surface area (Å²) >= 11 is 3.00. The molecule has 0 radical (unpaired) electrons. The Morgan fingerprint density at radius 1 is 1.02 bits per heavy atom. The molecule has 3 N–H and O–H groups in total. The average molecular weight is 657 g/mol. The topological polar surface area (TPSA) is 112 Å². The molecule has 1 saturated heterocycles. The molecule has 2 aliphatic rings. The summed E-state index contributed by atoms with van der Waals surface area (Å²) in [6, 6.07) is 12.3. The maximum absolute atomic E-state index is 13.5. The molecule has 240 valence electrons. The number of carboxylic acid groups (broad SMARTS) is 1. The first-order chi connectivity index (χ1) is 22.4. The van der Waals surface area contributed by atoms with Crippen LogP contribution in [0, 0.1) is 13.8 Å². The minimum Gasteiger partial charge on any atom is -0.477 e. The van der Waals surface area contributed by atoms with E-state index in [2.05, 4.69) is 55.4 Å². The fourth-order valence-corrected chi connectivity index (χ4v) is 9.17. The molecular formula is C35H40N6O3S2. The zero-order valence-corrected chi connectivity index (χ0v) is 28.0. The maximum atomic E-state index is 13.5. The summed E-state index contributed by atoms with van der Waals surface area (Å²) in [7, 11) is 0. The van der Waals surface area contributed by atoms with Gasteiger partial charge in [0.05, 0.1) is 42.7 Å². The Morgan fingerprint density at radius 2 is 1.83 bits per heavy atom. The second-order valence-corrected chi connectivity index (χ2v) is 14.8. The summed E-state index contributed by atoms with van der Waals surface area (Å²) in [5.74, 6) is -0.672. The first-order valence-corrected chi connectivity index (χ1v) is 17.9. The molecule has 0 atom stereocenters. The number of nitrogens with one attached hydrogen (secondary N) is 2. The maximum Gasteiger partial charge on any atom is 0.345 e. The summed E-state index contributed by atoms with van der Waals surface area (Å²) in [6.45, 7) is 9.49. The van der Waals surface area contributed by atoms with Gasteiger partial charge in [-0.15, -0.1) is 22.7 Å². The number of carboxylic acids is 1. The van der Waals surface area contributed by atoms with E-state index >= 15 is 0 Å². The number of rotatable bonds is 9. The third-order valence-corrected chi connectivity index (χ3v) is 11.6. The Hall–Kier alpha value is -3.64. The molecule has 0 spiro atoms. The van der Waals surface area contributed by atoms with E-state index in [9.17, 15) is 14.7 Å². The highest BCUT2D eigenvalue weighted by molar-refractivity contribution is 7.21. The molecule has 7 rings (SSSR count). The number of thiazole rings is 1. The van der Waals surface area contributed by atoms with Crippen molar-refractivity contribution in [3.63, 3.8) is 0 Å². The smallest absolute Gasteiger partial charge is 0.345 e. The van der Waals surface area contributed by atoms with Crippen LogP contribution in [0.1, 0.15) is 64.0 Å². The third kappa shape index (κ3) is 6.21. The number of fused-ring (bicyclic) bond motifs is 2. The van der Waals surface area contributed by atoms with Crippen molar-refractivity contribution in [1.29, 1.82) is 0 Å². The predicted octanol–water partition coefficient (Wildman–Crippen LogP) is 6.43. The van der Waals surface area contributed by atoms with E-state index in [1.807, 2.05) is 13.8 Å². The van der Waals surface area contributed by atoms with Crippen molar-refractivity contribution < 1.29 is 14.7 Å². The molecule has 0 unspecified atom stereocenters. The van der Waals surface area contributed by atoms with Crippen LogP contribution < -0.4 is 10.6 Å². The predicted molar refractivity (Wildman–Crippen MR) is 186 cm³/mol. The Labute approximate surface area is 276 Å². The fourth-order valence-electron chi connectivity index (χ4n) is 7.16. The van der Waals surface area contributed by atoms with Gasteiger partial charge in [0.2, 0.25) is 5.91 Å². The van der Waals surface area contributed by atoms with Gasteiger partial charge in [-0.25, -0.2) is 14.8 Å². The zero-order valence-electron chi connectivity index (χ0n) is 26.4. The number of nitrogens with zero attached hydrogens (tertiary/aromatic N) is 4. The molecule has 4 aromatic heterocycles. The van der Waals surface area contributed by atoms with Crippen LogP contribution in [0.2, 0.25) is 0 Å². The number of thiophene rings is 1. The second kappa shape index (κ2) is 13.2. The van der Waals surface area contributed by atoms with E-state index in [0.717, 1.165) is 112 Å². The lowest BCUT2D eigenvalue weighted by Crippen LogP contribution is -2.46. The van der Waals surface area contributed by atoms with Gasteiger partial charge in [0.25, 0.3) is 0 Å². The van der Waals surface area contributed by atoms with Crippen molar-refractivity contribution in [3.05, 3.63) is 57.5 Å². The molecule has 1 aliphatic carbocycles. The highest BCUT2D eigenvalue weighted by atomic mass is 32.1. The Kier molecular flexibility index (Phi) is 8.91. The molecule has 1 aliphatic heterocycles. The molecule has 0 bridgehead atoms. The van der Waals surface area contributed by atoms with Gasteiger partial charge >= 0.3 is 5.97 Å². The molecule has 2 fully saturated rings. The summed E-state index contributed by atoms with van der Waals surface area (Å²) in [6.07, 6.45) is 5.66. The minimum absolute atomic E-state index is 0.0612. The number of pyridine rings is 1. The summed E-state index contributed by atoms with van der Waals surface area (Å²) in [4.78, 5) is 39.0. The van der Waals surface area contributed by atoms with Crippen LogP contribution >= 0.6 is 22.7 Å². The first kappa shape index (κ1) is 31.0. The molecular weight excluding hydrogens is 617 g/mol. The van der Waals surface area contributed by atoms with Gasteiger partial charge in [0, 0.05) is 44.7 Å². The number of aromatic nitrogens is 3. The van der Waals surface area contributed by atoms with E-state index in [4.69, 9.17) is 4.98 Å². The van der Waals surface area contributed by atoms with Crippen molar-refractivity contribution in [2.75, 3.05) is 39.3 Å². The van der Waals surface area contributed by atoms with Crippen LogP contribution in [-0.2, 0) is 11.3 Å². The van der Waals surface area contributed by atoms with E-state index < -0.39 is 5.97 Å². The van der Waals surface area contributed by atoms with E-state index in [1.165, 1.54) is 23.3 Å². The molecule has 5 heterocycles. The minimum atomic E-state index is -0.927. The molecule has 1 amide bonds. The number of carbonyl (C=O) groups is 2. The van der Waals surface area contributed by atoms with E-state index in [-0.39, 0.29) is 12.5 Å². The van der Waals surface area contributed by atoms with Crippen molar-refractivity contribution in [2.24, 2.45) is 0 Å². The van der Waals surface area contributed by atoms with Gasteiger partial charge in [-0.3, -0.25) is 9.69 Å². The number of carbonyl (C=O) groups excluding carboxylic acids is 1. The normalized spacial score (nSPS) is 16.4. The third-order valence-electron chi connectivity index (χ3n) is 9.36. The summed E-state index contributed by atoms with van der Waals surface area (Å²) < 4.78 is 3.08. The molecule has 1 aromatic carbocycles. The molecule has 1 saturated carbocycles. The number of aromatic carboxylic acids is 1. The Balaban J connectivity index is 1.29. The summed E-state index contributed by atoms with van der Waals surface area (Å²) in [5, 5.41) is 18.5. The quantitative estimate of drug-likeness (QED) is 0.168. The van der Waals surface area contributed by atoms with Gasteiger partial charge < -0.3 is 20.3 Å². The van der Waals surface area contributed by atoms with Gasteiger partial charge in [0.1, 0.15) is 11.4 Å². The number of piperazine rings is 1. The van der Waals surface area contributed by atoms with Crippen LogP contribution in [0.5, 0.6) is 0 Å². The van der Waals surface area contributed by atoms with Crippen molar-refractivity contribution >= 4 is 55.7 Å². The number of hydrogen-bond acceptors (Lipinski definition) is 8. The lowest BCUT2D eigenvalue weighted by Gasteiger charge is -2.27. The number of hydrogen-bond donors (Lipinski definition) is 3. The fraction of sp³-hybridized carbons (Fsp3) is 0.429. The largest absolute Gasteiger partial charge is 0.477 e. The number of aryl methyl sites for hydroxylation is 2. The van der Waals surface area contributed by atoms with E-state index in [1.54, 1.807) is 17.4 Å².